The van der Waals surface area contributed by atoms with Gasteiger partial charge in [-0.05, 0) is 49.8 Å². The van der Waals surface area contributed by atoms with E-state index in [0.717, 1.165) is 56.1 Å². The summed E-state index contributed by atoms with van der Waals surface area (Å²) in [6.07, 6.45) is 5.81. The van der Waals surface area contributed by atoms with Crippen molar-refractivity contribution in [2.45, 2.75) is 44.2 Å². The van der Waals surface area contributed by atoms with Crippen molar-refractivity contribution in [2.24, 2.45) is 5.84 Å². The van der Waals surface area contributed by atoms with E-state index in [2.05, 4.69) is 51.6 Å². The lowest BCUT2D eigenvalue weighted by Crippen LogP contribution is -2.56. The Morgan fingerprint density at radius 3 is 2.59 bits per heavy atom. The van der Waals surface area contributed by atoms with Crippen molar-refractivity contribution in [3.05, 3.63) is 54.1 Å². The highest BCUT2D eigenvalue weighted by molar-refractivity contribution is 5.77. The molecule has 0 bridgehead atoms. The first-order chi connectivity index (χ1) is 15.7. The number of carbonyl (C=O) groups is 1. The Bertz CT molecular complexity index is 886. The normalized spacial score (nSPS) is 19.7. The molecule has 1 unspecified atom stereocenters. The fourth-order valence-corrected chi connectivity index (χ4v) is 4.79. The summed E-state index contributed by atoms with van der Waals surface area (Å²) >= 11 is 0. The summed E-state index contributed by atoms with van der Waals surface area (Å²) in [5.41, 5.74) is 4.66. The molecule has 2 aliphatic rings. The number of nitrogens with zero attached hydrogens (tertiary/aromatic N) is 2. The zero-order valence-corrected chi connectivity index (χ0v) is 18.8. The largest absolute Gasteiger partial charge is 0.493 e. The van der Waals surface area contributed by atoms with E-state index in [1.54, 1.807) is 7.11 Å². The zero-order valence-electron chi connectivity index (χ0n) is 18.8. The molecule has 1 atom stereocenters. The second-order valence-corrected chi connectivity index (χ2v) is 8.69. The van der Waals surface area contributed by atoms with Gasteiger partial charge < -0.3 is 14.4 Å². The minimum absolute atomic E-state index is 0.159. The first-order valence-corrected chi connectivity index (χ1v) is 11.5. The van der Waals surface area contributed by atoms with Gasteiger partial charge in [0.1, 0.15) is 0 Å². The van der Waals surface area contributed by atoms with Crippen LogP contribution in [-0.2, 0) is 11.2 Å². The van der Waals surface area contributed by atoms with E-state index >= 15 is 0 Å². The van der Waals surface area contributed by atoms with E-state index in [9.17, 15) is 4.79 Å². The Hall–Kier alpha value is -2.77. The number of nitrogens with one attached hydrogen (secondary N) is 1. The smallest absolute Gasteiger partial charge is 0.248 e. The Balaban J connectivity index is 1.52. The fourth-order valence-electron chi connectivity index (χ4n) is 4.79. The molecule has 7 nitrogen and oxygen atoms in total. The van der Waals surface area contributed by atoms with Crippen LogP contribution in [0.25, 0.3) is 0 Å². The van der Waals surface area contributed by atoms with Gasteiger partial charge in [-0.25, -0.2) is 5.84 Å². The SMILES string of the molecule is COc1ccc(N2CCN(CC(=O)NN)C(Cc3ccccc3)C2)cc1OC1CCCC1. The lowest BCUT2D eigenvalue weighted by Gasteiger charge is -2.42. The molecular weight excluding hydrogens is 404 g/mol. The molecule has 2 aromatic carbocycles. The van der Waals surface area contributed by atoms with Crippen molar-refractivity contribution >= 4 is 11.6 Å². The molecule has 7 heteroatoms. The Labute approximate surface area is 190 Å². The highest BCUT2D eigenvalue weighted by Gasteiger charge is 2.29. The molecule has 2 fully saturated rings. The third kappa shape index (κ3) is 5.53. The number of piperazine rings is 1. The summed E-state index contributed by atoms with van der Waals surface area (Å²) in [5, 5.41) is 0. The Kier molecular flexibility index (Phi) is 7.50. The molecule has 1 amide bonds. The van der Waals surface area contributed by atoms with Crippen molar-refractivity contribution in [1.82, 2.24) is 10.3 Å². The lowest BCUT2D eigenvalue weighted by atomic mass is 10.0. The maximum absolute atomic E-state index is 12.0. The van der Waals surface area contributed by atoms with E-state index < -0.39 is 0 Å². The first kappa shape index (κ1) is 22.4. The van der Waals surface area contributed by atoms with Gasteiger partial charge in [-0.3, -0.25) is 15.1 Å². The van der Waals surface area contributed by atoms with E-state index in [1.807, 2.05) is 12.1 Å². The summed E-state index contributed by atoms with van der Waals surface area (Å²) in [6, 6.07) is 16.8. The summed E-state index contributed by atoms with van der Waals surface area (Å²) in [5.74, 6) is 6.79. The monoisotopic (exact) mass is 438 g/mol. The van der Waals surface area contributed by atoms with E-state index in [4.69, 9.17) is 15.3 Å². The zero-order chi connectivity index (χ0) is 22.3. The van der Waals surface area contributed by atoms with Gasteiger partial charge in [-0.15, -0.1) is 0 Å². The van der Waals surface area contributed by atoms with Crippen LogP contribution >= 0.6 is 0 Å². The van der Waals surface area contributed by atoms with Crippen LogP contribution in [0.15, 0.2) is 48.5 Å². The number of carbonyl (C=O) groups excluding carboxylic acids is 1. The summed E-state index contributed by atoms with van der Waals surface area (Å²) in [7, 11) is 1.69. The quantitative estimate of drug-likeness (QED) is 0.375. The van der Waals surface area contributed by atoms with Crippen LogP contribution in [0.5, 0.6) is 11.5 Å². The fraction of sp³-hybridized carbons (Fsp3) is 0.480. The third-order valence-electron chi connectivity index (χ3n) is 6.53. The number of hydrogen-bond donors (Lipinski definition) is 2. The standard InChI is InChI=1S/C25H34N4O3/c1-31-23-12-11-20(16-24(23)32-22-9-5-6-10-22)28-13-14-29(18-25(30)27-26)21(17-28)15-19-7-3-2-4-8-19/h2-4,7-8,11-12,16,21-22H,5-6,9-10,13-15,17-18,26H2,1H3,(H,27,30). The van der Waals surface area contributed by atoms with Gasteiger partial charge in [0.15, 0.2) is 11.5 Å². The predicted molar refractivity (Wildman–Crippen MR) is 126 cm³/mol. The van der Waals surface area contributed by atoms with Crippen molar-refractivity contribution in [3.63, 3.8) is 0 Å². The van der Waals surface area contributed by atoms with Crippen molar-refractivity contribution in [3.8, 4) is 11.5 Å². The molecule has 0 spiro atoms. The number of methoxy groups -OCH3 is 1. The molecule has 1 heterocycles. The maximum Gasteiger partial charge on any atom is 0.248 e. The molecule has 0 radical (unpaired) electrons. The average molecular weight is 439 g/mol. The number of benzene rings is 2. The second kappa shape index (κ2) is 10.7. The maximum atomic E-state index is 12.0. The lowest BCUT2D eigenvalue weighted by molar-refractivity contribution is -0.123. The second-order valence-electron chi connectivity index (χ2n) is 8.69. The van der Waals surface area contributed by atoms with Crippen molar-refractivity contribution < 1.29 is 14.3 Å². The molecule has 1 saturated heterocycles. The summed E-state index contributed by atoms with van der Waals surface area (Å²) in [4.78, 5) is 16.6. The topological polar surface area (TPSA) is 80.1 Å². The predicted octanol–water partition coefficient (Wildman–Crippen LogP) is 2.74. The summed E-state index contributed by atoms with van der Waals surface area (Å²) < 4.78 is 11.9. The number of nitrogens with two attached hydrogens (primary N) is 1. The molecule has 172 valence electrons. The van der Waals surface area contributed by atoms with Crippen LogP contribution in [-0.4, -0.2) is 56.2 Å². The molecule has 0 aromatic heterocycles. The van der Waals surface area contributed by atoms with Crippen molar-refractivity contribution in [2.75, 3.05) is 38.2 Å². The molecule has 1 aliphatic heterocycles. The van der Waals surface area contributed by atoms with Gasteiger partial charge in [-0.1, -0.05) is 30.3 Å². The van der Waals surface area contributed by atoms with Gasteiger partial charge in [-0.2, -0.15) is 0 Å². The van der Waals surface area contributed by atoms with Gasteiger partial charge in [0.25, 0.3) is 0 Å². The number of hydrogen-bond acceptors (Lipinski definition) is 6. The van der Waals surface area contributed by atoms with Gasteiger partial charge >= 0.3 is 0 Å². The molecule has 32 heavy (non-hydrogen) atoms. The average Bonchev–Trinajstić information content (AvgIpc) is 3.34. The molecule has 4 rings (SSSR count). The van der Waals surface area contributed by atoms with Crippen LogP contribution in [0.3, 0.4) is 0 Å². The molecule has 1 aliphatic carbocycles. The van der Waals surface area contributed by atoms with Crippen LogP contribution in [0.4, 0.5) is 5.69 Å². The van der Waals surface area contributed by atoms with Crippen LogP contribution in [0, 0.1) is 0 Å². The van der Waals surface area contributed by atoms with Crippen LogP contribution in [0.1, 0.15) is 31.2 Å². The van der Waals surface area contributed by atoms with E-state index in [1.165, 1.54) is 18.4 Å². The highest BCUT2D eigenvalue weighted by atomic mass is 16.5. The first-order valence-electron chi connectivity index (χ1n) is 11.5. The number of amides is 1. The van der Waals surface area contributed by atoms with E-state index in [0.29, 0.717) is 6.54 Å². The molecule has 3 N–H and O–H groups in total. The van der Waals surface area contributed by atoms with Gasteiger partial charge in [0.05, 0.1) is 19.8 Å². The van der Waals surface area contributed by atoms with Gasteiger partial charge in [0, 0.05) is 37.4 Å². The molecule has 2 aromatic rings. The van der Waals surface area contributed by atoms with Crippen LogP contribution < -0.4 is 25.6 Å². The highest BCUT2D eigenvalue weighted by Crippen LogP contribution is 2.35. The third-order valence-corrected chi connectivity index (χ3v) is 6.53. The number of anilines is 1. The Morgan fingerprint density at radius 2 is 1.88 bits per heavy atom. The Morgan fingerprint density at radius 1 is 1.09 bits per heavy atom. The number of rotatable bonds is 8. The van der Waals surface area contributed by atoms with Crippen LogP contribution in [0.2, 0.25) is 0 Å². The van der Waals surface area contributed by atoms with E-state index in [-0.39, 0.29) is 18.1 Å². The molecule has 1 saturated carbocycles. The molecular formula is C25H34N4O3. The minimum atomic E-state index is -0.159. The minimum Gasteiger partial charge on any atom is -0.493 e. The summed E-state index contributed by atoms with van der Waals surface area (Å²) in [6.45, 7) is 2.75. The number of hydrazine groups is 1. The number of ether oxygens (including phenoxy) is 2. The van der Waals surface area contributed by atoms with Crippen molar-refractivity contribution in [1.29, 1.82) is 0 Å². The van der Waals surface area contributed by atoms with Gasteiger partial charge in [0.2, 0.25) is 5.91 Å².